The molecule has 0 aliphatic rings. The van der Waals surface area contributed by atoms with Gasteiger partial charge in [0.15, 0.2) is 12.4 Å². The Morgan fingerprint density at radius 1 is 1.30 bits per heavy atom. The van der Waals surface area contributed by atoms with Crippen molar-refractivity contribution in [2.75, 3.05) is 13.7 Å². The highest BCUT2D eigenvalue weighted by molar-refractivity contribution is 5.98. The lowest BCUT2D eigenvalue weighted by Gasteiger charge is -2.09. The van der Waals surface area contributed by atoms with Gasteiger partial charge in [-0.05, 0) is 26.0 Å². The van der Waals surface area contributed by atoms with Gasteiger partial charge in [0, 0.05) is 35.6 Å². The Morgan fingerprint density at radius 2 is 2.00 bits per heavy atom. The number of carbonyl (C=O) groups is 2. The molecule has 0 bridgehead atoms. The van der Waals surface area contributed by atoms with Gasteiger partial charge in [0.1, 0.15) is 0 Å². The van der Waals surface area contributed by atoms with Crippen molar-refractivity contribution in [3.05, 3.63) is 69.5 Å². The van der Waals surface area contributed by atoms with Crippen molar-refractivity contribution in [1.29, 1.82) is 0 Å². The van der Waals surface area contributed by atoms with Crippen LogP contribution in [0.1, 0.15) is 32.1 Å². The Morgan fingerprint density at radius 3 is 2.59 bits per heavy atom. The van der Waals surface area contributed by atoms with Crippen LogP contribution in [-0.4, -0.2) is 35.0 Å². The van der Waals surface area contributed by atoms with Gasteiger partial charge >= 0.3 is 11.7 Å². The first-order valence-corrected chi connectivity index (χ1v) is 8.10. The van der Waals surface area contributed by atoms with Crippen LogP contribution in [0.25, 0.3) is 0 Å². The van der Waals surface area contributed by atoms with Gasteiger partial charge in [0.2, 0.25) is 5.78 Å². The van der Waals surface area contributed by atoms with Crippen LogP contribution in [0.5, 0.6) is 5.75 Å². The van der Waals surface area contributed by atoms with E-state index in [0.717, 1.165) is 17.5 Å². The first-order chi connectivity index (χ1) is 12.8. The number of benzene rings is 1. The maximum absolute atomic E-state index is 12.5. The quantitative estimate of drug-likeness (QED) is 0.232. The van der Waals surface area contributed by atoms with Gasteiger partial charge in [0.05, 0.1) is 17.6 Å². The molecule has 0 amide bonds. The minimum atomic E-state index is -0.658. The van der Waals surface area contributed by atoms with Gasteiger partial charge < -0.3 is 14.0 Å². The van der Waals surface area contributed by atoms with Gasteiger partial charge in [0.25, 0.3) is 0 Å². The highest BCUT2D eigenvalue weighted by atomic mass is 16.6. The monoisotopic (exact) mass is 372 g/mol. The van der Waals surface area contributed by atoms with E-state index in [4.69, 9.17) is 4.74 Å². The summed E-state index contributed by atoms with van der Waals surface area (Å²) in [6, 6.07) is 5.34. The zero-order chi connectivity index (χ0) is 20.1. The molecule has 1 aromatic heterocycles. The van der Waals surface area contributed by atoms with Gasteiger partial charge in [-0.3, -0.25) is 14.9 Å². The van der Waals surface area contributed by atoms with Crippen LogP contribution in [-0.2, 0) is 11.3 Å². The lowest BCUT2D eigenvalue weighted by Crippen LogP contribution is -2.14. The van der Waals surface area contributed by atoms with E-state index in [1.54, 1.807) is 12.1 Å². The normalized spacial score (nSPS) is 10.3. The SMILES string of the molecule is C=CCn1c(C)cc(C(=O)COc2cc(C(=O)OC)ccc2[N+](=O)[O-])c1C. The molecule has 2 rings (SSSR count). The minimum absolute atomic E-state index is 0.0923. The average Bonchev–Trinajstić information content (AvgIpc) is 2.93. The zero-order valence-electron chi connectivity index (χ0n) is 15.4. The van der Waals surface area contributed by atoms with Crippen molar-refractivity contribution < 1.29 is 24.0 Å². The largest absolute Gasteiger partial charge is 0.478 e. The number of nitrogens with zero attached hydrogens (tertiary/aromatic N) is 2. The van der Waals surface area contributed by atoms with Gasteiger partial charge in [-0.2, -0.15) is 0 Å². The minimum Gasteiger partial charge on any atom is -0.478 e. The van der Waals surface area contributed by atoms with E-state index in [1.165, 1.54) is 19.2 Å². The lowest BCUT2D eigenvalue weighted by atomic mass is 10.1. The molecular formula is C19H20N2O6. The molecule has 1 aromatic carbocycles. The fourth-order valence-electron chi connectivity index (χ4n) is 2.74. The predicted molar refractivity (Wildman–Crippen MR) is 98.4 cm³/mol. The van der Waals surface area contributed by atoms with Crippen LogP contribution in [0.4, 0.5) is 5.69 Å². The first-order valence-electron chi connectivity index (χ1n) is 8.10. The fraction of sp³-hybridized carbons (Fsp3) is 0.263. The number of nitro benzene ring substituents is 1. The number of ether oxygens (including phenoxy) is 2. The van der Waals surface area contributed by atoms with Crippen molar-refractivity contribution in [1.82, 2.24) is 4.57 Å². The van der Waals surface area contributed by atoms with E-state index in [2.05, 4.69) is 11.3 Å². The molecule has 142 valence electrons. The lowest BCUT2D eigenvalue weighted by molar-refractivity contribution is -0.385. The van der Waals surface area contributed by atoms with Crippen LogP contribution in [0.3, 0.4) is 0 Å². The molecule has 0 unspecified atom stereocenters. The summed E-state index contributed by atoms with van der Waals surface area (Å²) >= 11 is 0. The van der Waals surface area contributed by atoms with Crippen LogP contribution in [0.2, 0.25) is 0 Å². The summed E-state index contributed by atoms with van der Waals surface area (Å²) in [7, 11) is 1.20. The summed E-state index contributed by atoms with van der Waals surface area (Å²) in [5, 5.41) is 11.2. The van der Waals surface area contributed by atoms with Crippen LogP contribution >= 0.6 is 0 Å². The third-order valence-electron chi connectivity index (χ3n) is 4.12. The number of aromatic nitrogens is 1. The van der Waals surface area contributed by atoms with Crippen LogP contribution in [0.15, 0.2) is 36.9 Å². The number of esters is 1. The number of hydrogen-bond donors (Lipinski definition) is 0. The smallest absolute Gasteiger partial charge is 0.337 e. The average molecular weight is 372 g/mol. The van der Waals surface area contributed by atoms with E-state index in [1.807, 2.05) is 18.4 Å². The maximum atomic E-state index is 12.5. The molecule has 0 N–H and O–H groups in total. The van der Waals surface area contributed by atoms with E-state index in [-0.39, 0.29) is 22.8 Å². The summed E-state index contributed by atoms with van der Waals surface area (Å²) in [6.07, 6.45) is 1.73. The van der Waals surface area contributed by atoms with Gasteiger partial charge in [-0.25, -0.2) is 4.79 Å². The molecule has 8 heteroatoms. The second kappa shape index (κ2) is 8.31. The number of ketones is 1. The molecule has 27 heavy (non-hydrogen) atoms. The second-order valence-corrected chi connectivity index (χ2v) is 5.83. The summed E-state index contributed by atoms with van der Waals surface area (Å²) in [5.41, 5.74) is 1.89. The van der Waals surface area contributed by atoms with E-state index in [0.29, 0.717) is 12.1 Å². The Balaban J connectivity index is 2.26. The Hall–Kier alpha value is -3.42. The molecule has 8 nitrogen and oxygen atoms in total. The summed E-state index contributed by atoms with van der Waals surface area (Å²) < 4.78 is 11.9. The third-order valence-corrected chi connectivity index (χ3v) is 4.12. The molecule has 2 aromatic rings. The number of allylic oxidation sites excluding steroid dienone is 1. The molecule has 0 saturated heterocycles. The number of rotatable bonds is 8. The maximum Gasteiger partial charge on any atom is 0.337 e. The summed E-state index contributed by atoms with van der Waals surface area (Å²) in [4.78, 5) is 34.7. The van der Waals surface area contributed by atoms with Crippen molar-refractivity contribution in [2.45, 2.75) is 20.4 Å². The van der Waals surface area contributed by atoms with Crippen molar-refractivity contribution in [3.8, 4) is 5.75 Å². The Bertz CT molecular complexity index is 913. The molecule has 0 radical (unpaired) electrons. The molecule has 0 saturated carbocycles. The first kappa shape index (κ1) is 19.9. The Kier molecular flexibility index (Phi) is 6.12. The molecule has 0 spiro atoms. The number of aryl methyl sites for hydroxylation is 1. The van der Waals surface area contributed by atoms with Crippen LogP contribution in [0, 0.1) is 24.0 Å². The molecule has 0 aliphatic carbocycles. The van der Waals surface area contributed by atoms with Crippen LogP contribution < -0.4 is 4.74 Å². The highest BCUT2D eigenvalue weighted by Gasteiger charge is 2.21. The highest BCUT2D eigenvalue weighted by Crippen LogP contribution is 2.28. The summed E-state index contributed by atoms with van der Waals surface area (Å²) in [5.74, 6) is -1.15. The summed E-state index contributed by atoms with van der Waals surface area (Å²) in [6.45, 7) is 7.54. The van der Waals surface area contributed by atoms with E-state index >= 15 is 0 Å². The number of methoxy groups -OCH3 is 1. The third kappa shape index (κ3) is 4.22. The van der Waals surface area contributed by atoms with Crippen molar-refractivity contribution in [2.24, 2.45) is 0 Å². The fourth-order valence-corrected chi connectivity index (χ4v) is 2.74. The number of carbonyl (C=O) groups excluding carboxylic acids is 2. The predicted octanol–water partition coefficient (Wildman–Crippen LogP) is 3.25. The second-order valence-electron chi connectivity index (χ2n) is 5.83. The van der Waals surface area contributed by atoms with Gasteiger partial charge in [-0.15, -0.1) is 6.58 Å². The molecule has 0 atom stereocenters. The van der Waals surface area contributed by atoms with E-state index < -0.39 is 17.5 Å². The van der Waals surface area contributed by atoms with Crippen molar-refractivity contribution >= 4 is 17.4 Å². The number of nitro groups is 1. The molecule has 0 aliphatic heterocycles. The van der Waals surface area contributed by atoms with Gasteiger partial charge in [-0.1, -0.05) is 6.08 Å². The number of hydrogen-bond acceptors (Lipinski definition) is 6. The standard InChI is InChI=1S/C19H20N2O6/c1-5-8-20-12(2)9-15(13(20)3)17(22)11-27-18-10-14(19(23)26-4)6-7-16(18)21(24)25/h5-7,9-10H,1,8,11H2,2-4H3. The number of Topliss-reactive ketones (excluding diaryl/α,β-unsaturated/α-hetero) is 1. The topological polar surface area (TPSA) is 101 Å². The molecule has 0 fully saturated rings. The molecule has 1 heterocycles. The van der Waals surface area contributed by atoms with E-state index in [9.17, 15) is 19.7 Å². The molecular weight excluding hydrogens is 352 g/mol. The zero-order valence-corrected chi connectivity index (χ0v) is 15.4. The van der Waals surface area contributed by atoms with Crippen molar-refractivity contribution in [3.63, 3.8) is 0 Å². The Labute approximate surface area is 156 Å².